The topological polar surface area (TPSA) is 38.9 Å². The third-order valence-corrected chi connectivity index (χ3v) is 3.92. The Bertz CT molecular complexity index is 757. The summed E-state index contributed by atoms with van der Waals surface area (Å²) in [7, 11) is 0. The van der Waals surface area contributed by atoms with Crippen LogP contribution in [0.1, 0.15) is 11.1 Å². The molecule has 1 heterocycles. The summed E-state index contributed by atoms with van der Waals surface area (Å²) in [6.07, 6.45) is 0. The average molecular weight is 300 g/mol. The number of halogens is 1. The summed E-state index contributed by atoms with van der Waals surface area (Å²) in [4.78, 5) is 0. The highest BCUT2D eigenvalue weighted by atomic mass is 32.2. The van der Waals surface area contributed by atoms with Crippen LogP contribution in [0.5, 0.6) is 0 Å². The lowest BCUT2D eigenvalue weighted by Crippen LogP contribution is -1.82. The highest BCUT2D eigenvalue weighted by Crippen LogP contribution is 2.27. The Labute approximate surface area is 126 Å². The van der Waals surface area contributed by atoms with E-state index >= 15 is 0 Å². The van der Waals surface area contributed by atoms with E-state index in [2.05, 4.69) is 10.2 Å². The van der Waals surface area contributed by atoms with Crippen LogP contribution in [-0.2, 0) is 5.75 Å². The van der Waals surface area contributed by atoms with Gasteiger partial charge in [-0.15, -0.1) is 10.2 Å². The van der Waals surface area contributed by atoms with Crippen molar-refractivity contribution in [2.75, 3.05) is 0 Å². The van der Waals surface area contributed by atoms with E-state index in [0.717, 1.165) is 16.7 Å². The van der Waals surface area contributed by atoms with Crippen molar-refractivity contribution in [2.45, 2.75) is 17.9 Å². The zero-order valence-corrected chi connectivity index (χ0v) is 12.2. The maximum atomic E-state index is 13.1. The first-order chi connectivity index (χ1) is 10.2. The van der Waals surface area contributed by atoms with Crippen molar-refractivity contribution < 1.29 is 8.81 Å². The lowest BCUT2D eigenvalue weighted by Gasteiger charge is -1.99. The highest BCUT2D eigenvalue weighted by Gasteiger charge is 2.11. The summed E-state index contributed by atoms with van der Waals surface area (Å²) in [5.41, 5.74) is 2.90. The van der Waals surface area contributed by atoms with Crippen LogP contribution in [-0.4, -0.2) is 10.2 Å². The summed E-state index contributed by atoms with van der Waals surface area (Å²) in [5, 5.41) is 8.57. The van der Waals surface area contributed by atoms with Crippen molar-refractivity contribution >= 4 is 11.8 Å². The minimum atomic E-state index is -0.237. The molecule has 0 spiro atoms. The molecular formula is C16H13FN2OS. The first kappa shape index (κ1) is 13.8. The third-order valence-electron chi connectivity index (χ3n) is 3.03. The molecule has 21 heavy (non-hydrogen) atoms. The lowest BCUT2D eigenvalue weighted by molar-refractivity contribution is 0.465. The number of benzene rings is 2. The van der Waals surface area contributed by atoms with Crippen molar-refractivity contribution in [3.8, 4) is 11.5 Å². The molecule has 0 amide bonds. The fourth-order valence-electron chi connectivity index (χ4n) is 1.96. The molecule has 3 aromatic rings. The van der Waals surface area contributed by atoms with Crippen molar-refractivity contribution in [3.63, 3.8) is 0 Å². The zero-order valence-electron chi connectivity index (χ0n) is 11.4. The molecule has 0 unspecified atom stereocenters. The van der Waals surface area contributed by atoms with Gasteiger partial charge in [0.05, 0.1) is 0 Å². The van der Waals surface area contributed by atoms with Crippen LogP contribution < -0.4 is 0 Å². The van der Waals surface area contributed by atoms with Gasteiger partial charge in [-0.2, -0.15) is 0 Å². The standard InChI is InChI=1S/C16H13FN2OS/c1-11-5-2-3-8-14(11)15-18-19-16(20-15)21-10-12-6-4-7-13(17)9-12/h2-9H,10H2,1H3. The van der Waals surface area contributed by atoms with Crippen LogP contribution in [0, 0.1) is 12.7 Å². The van der Waals surface area contributed by atoms with Crippen LogP contribution in [0.3, 0.4) is 0 Å². The quantitative estimate of drug-likeness (QED) is 0.666. The summed E-state index contributed by atoms with van der Waals surface area (Å²) < 4.78 is 18.8. The van der Waals surface area contributed by atoms with E-state index in [0.29, 0.717) is 16.9 Å². The molecule has 3 nitrogen and oxygen atoms in total. The highest BCUT2D eigenvalue weighted by molar-refractivity contribution is 7.98. The van der Waals surface area contributed by atoms with E-state index < -0.39 is 0 Å². The molecule has 0 N–H and O–H groups in total. The summed E-state index contributed by atoms with van der Waals surface area (Å²) in [6, 6.07) is 14.3. The minimum Gasteiger partial charge on any atom is -0.411 e. The van der Waals surface area contributed by atoms with Gasteiger partial charge in [-0.05, 0) is 36.2 Å². The predicted molar refractivity (Wildman–Crippen MR) is 80.4 cm³/mol. The maximum Gasteiger partial charge on any atom is 0.277 e. The van der Waals surface area contributed by atoms with Crippen molar-refractivity contribution in [1.82, 2.24) is 10.2 Å². The smallest absolute Gasteiger partial charge is 0.277 e. The second kappa shape index (κ2) is 6.10. The molecule has 3 rings (SSSR count). The van der Waals surface area contributed by atoms with Crippen molar-refractivity contribution in [1.29, 1.82) is 0 Å². The summed E-state index contributed by atoms with van der Waals surface area (Å²) in [6.45, 7) is 2.00. The number of hydrogen-bond donors (Lipinski definition) is 0. The molecule has 0 aliphatic carbocycles. The van der Waals surface area contributed by atoms with E-state index in [1.54, 1.807) is 6.07 Å². The molecule has 106 valence electrons. The van der Waals surface area contributed by atoms with Gasteiger partial charge in [-0.1, -0.05) is 42.1 Å². The minimum absolute atomic E-state index is 0.237. The van der Waals surface area contributed by atoms with Crippen molar-refractivity contribution in [2.24, 2.45) is 0 Å². The van der Waals surface area contributed by atoms with E-state index in [-0.39, 0.29) is 5.82 Å². The first-order valence-electron chi connectivity index (χ1n) is 6.49. The molecule has 1 aromatic heterocycles. The maximum absolute atomic E-state index is 13.1. The van der Waals surface area contributed by atoms with Gasteiger partial charge >= 0.3 is 0 Å². The second-order valence-corrected chi connectivity index (χ2v) is 5.53. The van der Waals surface area contributed by atoms with Gasteiger partial charge < -0.3 is 4.42 Å². The van der Waals surface area contributed by atoms with E-state index in [4.69, 9.17) is 4.42 Å². The zero-order chi connectivity index (χ0) is 14.7. The average Bonchev–Trinajstić information content (AvgIpc) is 2.94. The molecule has 0 saturated heterocycles. The Kier molecular flexibility index (Phi) is 4.01. The monoisotopic (exact) mass is 300 g/mol. The Balaban J connectivity index is 1.72. The van der Waals surface area contributed by atoms with Gasteiger partial charge in [0, 0.05) is 11.3 Å². The van der Waals surface area contributed by atoms with Crippen LogP contribution in [0.2, 0.25) is 0 Å². The van der Waals surface area contributed by atoms with Crippen LogP contribution in [0.25, 0.3) is 11.5 Å². The molecule has 5 heteroatoms. The number of thioether (sulfide) groups is 1. The molecule has 0 radical (unpaired) electrons. The molecule has 0 bridgehead atoms. The Morgan fingerprint density at radius 1 is 1.10 bits per heavy atom. The third kappa shape index (κ3) is 3.31. The number of nitrogens with zero attached hydrogens (tertiary/aromatic N) is 2. The molecule has 0 atom stereocenters. The summed E-state index contributed by atoms with van der Waals surface area (Å²) in [5.74, 6) is 0.863. The fraction of sp³-hybridized carbons (Fsp3) is 0.125. The number of aryl methyl sites for hydroxylation is 1. The van der Waals surface area contributed by atoms with Gasteiger partial charge in [-0.25, -0.2) is 4.39 Å². The first-order valence-corrected chi connectivity index (χ1v) is 7.48. The van der Waals surface area contributed by atoms with Gasteiger partial charge in [0.15, 0.2) is 0 Å². The Morgan fingerprint density at radius 3 is 2.76 bits per heavy atom. The van der Waals surface area contributed by atoms with Crippen LogP contribution in [0.15, 0.2) is 58.2 Å². The van der Waals surface area contributed by atoms with Crippen LogP contribution >= 0.6 is 11.8 Å². The fourth-order valence-corrected chi connectivity index (χ4v) is 2.67. The number of hydrogen-bond acceptors (Lipinski definition) is 4. The molecule has 0 fully saturated rings. The number of aromatic nitrogens is 2. The van der Waals surface area contributed by atoms with Gasteiger partial charge in [0.2, 0.25) is 5.89 Å². The van der Waals surface area contributed by atoms with E-state index in [1.165, 1.54) is 23.9 Å². The van der Waals surface area contributed by atoms with Gasteiger partial charge in [0.25, 0.3) is 5.22 Å². The van der Waals surface area contributed by atoms with Crippen LogP contribution in [0.4, 0.5) is 4.39 Å². The molecule has 0 saturated carbocycles. The van der Waals surface area contributed by atoms with E-state index in [1.807, 2.05) is 37.3 Å². The largest absolute Gasteiger partial charge is 0.411 e. The van der Waals surface area contributed by atoms with Gasteiger partial charge in [-0.3, -0.25) is 0 Å². The molecular weight excluding hydrogens is 287 g/mol. The molecule has 0 aliphatic rings. The number of rotatable bonds is 4. The lowest BCUT2D eigenvalue weighted by atomic mass is 10.1. The molecule has 2 aromatic carbocycles. The SMILES string of the molecule is Cc1ccccc1-c1nnc(SCc2cccc(F)c2)o1. The predicted octanol–water partition coefficient (Wildman–Crippen LogP) is 4.48. The normalized spacial score (nSPS) is 10.8. The Morgan fingerprint density at radius 2 is 1.95 bits per heavy atom. The van der Waals surface area contributed by atoms with Crippen molar-refractivity contribution in [3.05, 3.63) is 65.5 Å². The second-order valence-electron chi connectivity index (χ2n) is 4.61. The van der Waals surface area contributed by atoms with Gasteiger partial charge in [0.1, 0.15) is 5.82 Å². The Hall–Kier alpha value is -2.14. The molecule has 0 aliphatic heterocycles. The van der Waals surface area contributed by atoms with E-state index in [9.17, 15) is 4.39 Å². The summed E-state index contributed by atoms with van der Waals surface area (Å²) >= 11 is 1.40.